The Labute approximate surface area is 245 Å². The minimum Gasteiger partial charge on any atom is -0.504 e. The van der Waals surface area contributed by atoms with Gasteiger partial charge in [-0.25, -0.2) is 0 Å². The van der Waals surface area contributed by atoms with Crippen LogP contribution in [-0.2, 0) is 9.59 Å². The summed E-state index contributed by atoms with van der Waals surface area (Å²) in [6.07, 6.45) is 0. The molecule has 0 fully saturated rings. The number of carbonyl (C=O) groups is 2. The zero-order valence-corrected chi connectivity index (χ0v) is 23.7. The molecule has 204 valence electrons. The smallest absolute Gasteiger partial charge is 0.254 e. The lowest BCUT2D eigenvalue weighted by Crippen LogP contribution is -2.31. The number of thioether (sulfide) groups is 1. The highest BCUT2D eigenvalue weighted by molar-refractivity contribution is 8.03. The molecule has 0 unspecified atom stereocenters. The van der Waals surface area contributed by atoms with Gasteiger partial charge in [0.2, 0.25) is 5.91 Å². The monoisotopic (exact) mass is 594 g/mol. The Morgan fingerprint density at radius 3 is 2.52 bits per heavy atom. The van der Waals surface area contributed by atoms with Gasteiger partial charge in [0, 0.05) is 22.0 Å². The van der Waals surface area contributed by atoms with Crippen molar-refractivity contribution in [3.05, 3.63) is 104 Å². The molecule has 0 aromatic heterocycles. The average molecular weight is 596 g/mol. The predicted molar refractivity (Wildman–Crippen MR) is 158 cm³/mol. The second-order valence-electron chi connectivity index (χ2n) is 8.66. The zero-order chi connectivity index (χ0) is 28.8. The summed E-state index contributed by atoms with van der Waals surface area (Å²) in [5.41, 5.74) is 2.62. The van der Waals surface area contributed by atoms with Crippen molar-refractivity contribution >= 4 is 58.2 Å². The molecule has 0 aliphatic carbocycles. The van der Waals surface area contributed by atoms with Crippen LogP contribution in [0, 0.1) is 11.3 Å². The number of nitrogens with zero attached hydrogens (tertiary/aromatic N) is 1. The first-order valence-corrected chi connectivity index (χ1v) is 13.7. The minimum atomic E-state index is -0.805. The lowest BCUT2D eigenvalue weighted by molar-refractivity contribution is -0.114. The first-order valence-electron chi connectivity index (χ1n) is 11.9. The van der Waals surface area contributed by atoms with E-state index in [0.29, 0.717) is 43.3 Å². The molecular formula is C29H24Cl2N4O4S. The second kappa shape index (κ2) is 12.8. The van der Waals surface area contributed by atoms with Crippen LogP contribution in [0.3, 0.4) is 0 Å². The zero-order valence-electron chi connectivity index (χ0n) is 21.4. The maximum atomic E-state index is 13.6. The minimum absolute atomic E-state index is 0.0447. The molecule has 0 saturated heterocycles. The number of benzene rings is 3. The van der Waals surface area contributed by atoms with Crippen molar-refractivity contribution in [3.8, 4) is 17.6 Å². The van der Waals surface area contributed by atoms with E-state index in [9.17, 15) is 20.0 Å². The average Bonchev–Trinajstić information content (AvgIpc) is 2.93. The number of nitrogens with one attached hydrogen (secondary N) is 3. The van der Waals surface area contributed by atoms with Gasteiger partial charge in [-0.15, -0.1) is 0 Å². The molecule has 11 heteroatoms. The van der Waals surface area contributed by atoms with Crippen molar-refractivity contribution in [2.75, 3.05) is 23.5 Å². The van der Waals surface area contributed by atoms with Crippen molar-refractivity contribution < 1.29 is 19.4 Å². The van der Waals surface area contributed by atoms with Gasteiger partial charge < -0.3 is 25.8 Å². The van der Waals surface area contributed by atoms with E-state index in [1.54, 1.807) is 55.5 Å². The molecule has 1 aliphatic rings. The molecule has 1 atom stereocenters. The molecule has 4 rings (SSSR count). The summed E-state index contributed by atoms with van der Waals surface area (Å²) in [6.45, 7) is 1.73. The highest BCUT2D eigenvalue weighted by Crippen LogP contribution is 2.43. The molecule has 0 saturated carbocycles. The number of allylic oxidation sites excluding steroid dienone is 2. The third-order valence-corrected chi connectivity index (χ3v) is 7.58. The number of rotatable bonds is 8. The van der Waals surface area contributed by atoms with Crippen LogP contribution in [0.25, 0.3) is 0 Å². The molecule has 40 heavy (non-hydrogen) atoms. The number of hydrogen-bond donors (Lipinski definition) is 4. The third kappa shape index (κ3) is 6.54. The fourth-order valence-corrected chi connectivity index (χ4v) is 5.52. The number of methoxy groups -OCH3 is 1. The molecule has 4 N–H and O–H groups in total. The molecule has 3 aromatic rings. The SMILES string of the molecule is COc1cc([C@H]2C(C#N)=C(SCC(=O)Nc3ccc(Cl)cc3Cl)NC(C)=C2C(=O)Nc2ccccc2)ccc1O. The third-order valence-electron chi connectivity index (χ3n) is 6.01. The van der Waals surface area contributed by atoms with Crippen LogP contribution in [0.1, 0.15) is 18.4 Å². The molecule has 0 radical (unpaired) electrons. The number of halogens is 2. The highest BCUT2D eigenvalue weighted by atomic mass is 35.5. The summed E-state index contributed by atoms with van der Waals surface area (Å²) < 4.78 is 5.28. The first-order chi connectivity index (χ1) is 19.2. The number of amides is 2. The number of carbonyl (C=O) groups excluding carboxylic acids is 2. The number of phenolic OH excluding ortho intramolecular Hbond substituents is 1. The number of anilines is 2. The van der Waals surface area contributed by atoms with Gasteiger partial charge in [0.05, 0.1) is 46.2 Å². The molecular weight excluding hydrogens is 571 g/mol. The van der Waals surface area contributed by atoms with Gasteiger partial charge in [0.15, 0.2) is 11.5 Å². The summed E-state index contributed by atoms with van der Waals surface area (Å²) in [4.78, 5) is 26.3. The van der Waals surface area contributed by atoms with Crippen LogP contribution in [-0.4, -0.2) is 29.8 Å². The largest absolute Gasteiger partial charge is 0.504 e. The van der Waals surface area contributed by atoms with Crippen LogP contribution in [0.2, 0.25) is 10.0 Å². The number of phenols is 1. The maximum Gasteiger partial charge on any atom is 0.254 e. The Morgan fingerprint density at radius 1 is 1.10 bits per heavy atom. The van der Waals surface area contributed by atoms with Crippen LogP contribution in [0.5, 0.6) is 11.5 Å². The van der Waals surface area contributed by atoms with Crippen LogP contribution in [0.4, 0.5) is 11.4 Å². The number of ether oxygens (including phenoxy) is 1. The van der Waals surface area contributed by atoms with Gasteiger partial charge >= 0.3 is 0 Å². The van der Waals surface area contributed by atoms with Crippen molar-refractivity contribution in [1.29, 1.82) is 5.26 Å². The molecule has 1 aliphatic heterocycles. The van der Waals surface area contributed by atoms with E-state index in [4.69, 9.17) is 27.9 Å². The fourth-order valence-electron chi connectivity index (χ4n) is 4.17. The predicted octanol–water partition coefficient (Wildman–Crippen LogP) is 6.41. The van der Waals surface area contributed by atoms with E-state index in [2.05, 4.69) is 22.0 Å². The van der Waals surface area contributed by atoms with Gasteiger partial charge in [0.1, 0.15) is 0 Å². The first kappa shape index (κ1) is 28.9. The fraction of sp³-hybridized carbons (Fsp3) is 0.138. The van der Waals surface area contributed by atoms with E-state index in [1.165, 1.54) is 19.2 Å². The van der Waals surface area contributed by atoms with E-state index < -0.39 is 11.8 Å². The summed E-state index contributed by atoms with van der Waals surface area (Å²) in [6, 6.07) is 20.6. The van der Waals surface area contributed by atoms with Crippen LogP contribution in [0.15, 0.2) is 88.6 Å². The summed E-state index contributed by atoms with van der Waals surface area (Å²) in [5, 5.41) is 30.4. The number of para-hydroxylation sites is 1. The number of nitriles is 1. The van der Waals surface area contributed by atoms with Crippen molar-refractivity contribution in [1.82, 2.24) is 5.32 Å². The van der Waals surface area contributed by atoms with Gasteiger partial charge in [-0.1, -0.05) is 59.2 Å². The Hall–Kier alpha value is -4.10. The molecule has 0 bridgehead atoms. The van der Waals surface area contributed by atoms with Crippen LogP contribution < -0.4 is 20.7 Å². The standard InChI is InChI=1S/C29H24Cl2N4O4S/c1-16-26(28(38)34-19-6-4-3-5-7-19)27(17-8-11-23(36)24(12-17)39-2)20(14-32)29(33-16)40-15-25(37)35-22-10-9-18(30)13-21(22)31/h3-13,27,33,36H,15H2,1-2H3,(H,34,38)(H,35,37)/t27-/m0/s1. The lowest BCUT2D eigenvalue weighted by atomic mass is 9.82. The Bertz CT molecular complexity index is 1570. The maximum absolute atomic E-state index is 13.6. The second-order valence-corrected chi connectivity index (χ2v) is 10.5. The molecule has 8 nitrogen and oxygen atoms in total. The van der Waals surface area contributed by atoms with E-state index in [0.717, 1.165) is 11.8 Å². The highest BCUT2D eigenvalue weighted by Gasteiger charge is 2.35. The Morgan fingerprint density at radius 2 is 1.85 bits per heavy atom. The summed E-state index contributed by atoms with van der Waals surface area (Å²) in [5.74, 6) is -1.48. The molecule has 2 amide bonds. The Kier molecular flexibility index (Phi) is 9.27. The van der Waals surface area contributed by atoms with Crippen LogP contribution >= 0.6 is 35.0 Å². The number of aromatic hydroxyl groups is 1. The molecule has 0 spiro atoms. The van der Waals surface area contributed by atoms with Gasteiger partial charge in [-0.3, -0.25) is 9.59 Å². The number of hydrogen-bond acceptors (Lipinski definition) is 7. The molecule has 1 heterocycles. The van der Waals surface area contributed by atoms with Crippen molar-refractivity contribution in [3.63, 3.8) is 0 Å². The summed E-state index contributed by atoms with van der Waals surface area (Å²) >= 11 is 13.2. The Balaban J connectivity index is 1.67. The number of dihydropyridines is 1. The van der Waals surface area contributed by atoms with Gasteiger partial charge in [-0.05, 0) is 55.0 Å². The lowest BCUT2D eigenvalue weighted by Gasteiger charge is -2.30. The van der Waals surface area contributed by atoms with E-state index in [1.807, 2.05) is 6.07 Å². The van der Waals surface area contributed by atoms with Crippen molar-refractivity contribution in [2.24, 2.45) is 0 Å². The normalized spacial score (nSPS) is 14.7. The van der Waals surface area contributed by atoms with Gasteiger partial charge in [-0.2, -0.15) is 5.26 Å². The van der Waals surface area contributed by atoms with Gasteiger partial charge in [0.25, 0.3) is 5.91 Å². The van der Waals surface area contributed by atoms with Crippen molar-refractivity contribution in [2.45, 2.75) is 12.8 Å². The summed E-state index contributed by atoms with van der Waals surface area (Å²) in [7, 11) is 1.42. The molecule has 3 aromatic carbocycles. The van der Waals surface area contributed by atoms with E-state index >= 15 is 0 Å². The van der Waals surface area contributed by atoms with E-state index in [-0.39, 0.29) is 28.7 Å². The quantitative estimate of drug-likeness (QED) is 0.237. The topological polar surface area (TPSA) is 123 Å².